The van der Waals surface area contributed by atoms with E-state index in [1.165, 1.54) is 24.3 Å². The Morgan fingerprint density at radius 2 is 1.52 bits per heavy atom. The average molecular weight is 411 g/mol. The maximum atomic E-state index is 12.4. The van der Waals surface area contributed by atoms with E-state index in [2.05, 4.69) is 9.44 Å². The number of nitrogens with two attached hydrogens (primary N) is 1. The first-order chi connectivity index (χ1) is 12.6. The summed E-state index contributed by atoms with van der Waals surface area (Å²) in [7, 11) is -7.45. The monoisotopic (exact) mass is 411 g/mol. The molecular weight excluding hydrogens is 394 g/mol. The van der Waals surface area contributed by atoms with Gasteiger partial charge in [0.15, 0.2) is 0 Å². The van der Waals surface area contributed by atoms with Gasteiger partial charge in [0.2, 0.25) is 10.0 Å². The number of rotatable bonds is 7. The van der Waals surface area contributed by atoms with Crippen LogP contribution in [0.4, 0.5) is 11.4 Å². The molecule has 0 aromatic heterocycles. The zero-order valence-electron chi connectivity index (χ0n) is 13.9. The van der Waals surface area contributed by atoms with Gasteiger partial charge >= 0.3 is 0 Å². The van der Waals surface area contributed by atoms with E-state index >= 15 is 0 Å². The van der Waals surface area contributed by atoms with Crippen LogP contribution in [0.1, 0.15) is 23.2 Å². The highest BCUT2D eigenvalue weighted by Crippen LogP contribution is 2.30. The Hall–Kier alpha value is -2.79. The molecule has 1 aliphatic carbocycles. The molecule has 1 saturated carbocycles. The summed E-state index contributed by atoms with van der Waals surface area (Å²) in [4.78, 5) is 11.0. The van der Waals surface area contributed by atoms with Gasteiger partial charge in [0.05, 0.1) is 15.7 Å². The molecule has 3 rings (SSSR count). The number of hydrogen-bond donors (Lipinski definition) is 4. The standard InChI is InChI=1S/C16H17N3O6S2/c17-16(21)14-9-13(7-8-15(14)20)27(24,25)19-11-3-1-10(2-4-11)18-26(22,23)12-5-6-12/h1-4,7-9,12,18-20H,5-6H2,(H2,17,21). The maximum absolute atomic E-state index is 12.4. The summed E-state index contributed by atoms with van der Waals surface area (Å²) in [6.07, 6.45) is 1.26. The predicted octanol–water partition coefficient (Wildman–Crippen LogP) is 1.20. The summed E-state index contributed by atoms with van der Waals surface area (Å²) in [6.45, 7) is 0. The molecule has 0 spiro atoms. The van der Waals surface area contributed by atoms with Crippen molar-refractivity contribution in [1.29, 1.82) is 0 Å². The van der Waals surface area contributed by atoms with Crippen molar-refractivity contribution in [2.75, 3.05) is 9.44 Å². The second-order valence-corrected chi connectivity index (χ2v) is 9.72. The molecule has 0 heterocycles. The fraction of sp³-hybridized carbons (Fsp3) is 0.188. The highest BCUT2D eigenvalue weighted by molar-refractivity contribution is 7.93. The van der Waals surface area contributed by atoms with Gasteiger partial charge in [-0.1, -0.05) is 0 Å². The maximum Gasteiger partial charge on any atom is 0.261 e. The largest absolute Gasteiger partial charge is 0.507 e. The zero-order valence-corrected chi connectivity index (χ0v) is 15.5. The minimum atomic E-state index is -4.05. The van der Waals surface area contributed by atoms with Gasteiger partial charge in [0, 0.05) is 11.4 Å². The Balaban J connectivity index is 1.78. The van der Waals surface area contributed by atoms with Crippen LogP contribution in [0.3, 0.4) is 0 Å². The van der Waals surface area contributed by atoms with Crippen molar-refractivity contribution in [3.8, 4) is 5.75 Å². The molecule has 11 heteroatoms. The summed E-state index contributed by atoms with van der Waals surface area (Å²) in [5.41, 5.74) is 5.30. The minimum absolute atomic E-state index is 0.193. The number of amides is 1. The Morgan fingerprint density at radius 3 is 2.04 bits per heavy atom. The van der Waals surface area contributed by atoms with Crippen LogP contribution in [-0.2, 0) is 20.0 Å². The van der Waals surface area contributed by atoms with Crippen LogP contribution in [0.2, 0.25) is 0 Å². The predicted molar refractivity (Wildman–Crippen MR) is 99.4 cm³/mol. The molecule has 1 fully saturated rings. The number of primary amides is 1. The van der Waals surface area contributed by atoms with E-state index in [1.54, 1.807) is 0 Å². The second kappa shape index (κ2) is 6.74. The van der Waals surface area contributed by atoms with E-state index < -0.39 is 31.7 Å². The highest BCUT2D eigenvalue weighted by atomic mass is 32.2. The molecule has 0 bridgehead atoms. The number of benzene rings is 2. The van der Waals surface area contributed by atoms with Gasteiger partial charge in [-0.25, -0.2) is 16.8 Å². The number of carbonyl (C=O) groups is 1. The molecule has 2 aromatic rings. The molecule has 9 nitrogen and oxygen atoms in total. The third kappa shape index (κ3) is 4.31. The number of anilines is 2. The van der Waals surface area contributed by atoms with Crippen LogP contribution in [0.25, 0.3) is 0 Å². The van der Waals surface area contributed by atoms with E-state index in [0.29, 0.717) is 18.5 Å². The van der Waals surface area contributed by atoms with E-state index in [1.807, 2.05) is 0 Å². The summed E-state index contributed by atoms with van der Waals surface area (Å²) < 4.78 is 53.4. The summed E-state index contributed by atoms with van der Waals surface area (Å²) in [6, 6.07) is 8.83. The normalized spacial score (nSPS) is 14.5. The van der Waals surface area contributed by atoms with Crippen molar-refractivity contribution < 1.29 is 26.7 Å². The van der Waals surface area contributed by atoms with Gasteiger partial charge in [-0.3, -0.25) is 14.2 Å². The van der Waals surface area contributed by atoms with Crippen molar-refractivity contribution in [2.24, 2.45) is 5.73 Å². The number of hydrogen-bond acceptors (Lipinski definition) is 6. The first-order valence-electron chi connectivity index (χ1n) is 7.86. The minimum Gasteiger partial charge on any atom is -0.507 e. The fourth-order valence-electron chi connectivity index (χ4n) is 2.33. The molecule has 0 atom stereocenters. The highest BCUT2D eigenvalue weighted by Gasteiger charge is 2.35. The number of carbonyl (C=O) groups excluding carboxylic acids is 1. The van der Waals surface area contributed by atoms with Crippen molar-refractivity contribution in [3.63, 3.8) is 0 Å². The number of sulfonamides is 2. The van der Waals surface area contributed by atoms with Crippen LogP contribution in [0.5, 0.6) is 5.75 Å². The van der Waals surface area contributed by atoms with Gasteiger partial charge in [0.1, 0.15) is 5.75 Å². The number of phenols is 1. The smallest absolute Gasteiger partial charge is 0.261 e. The van der Waals surface area contributed by atoms with E-state index in [-0.39, 0.29) is 21.4 Å². The molecule has 5 N–H and O–H groups in total. The van der Waals surface area contributed by atoms with Crippen molar-refractivity contribution in [1.82, 2.24) is 0 Å². The molecule has 144 valence electrons. The summed E-state index contributed by atoms with van der Waals surface area (Å²) >= 11 is 0. The average Bonchev–Trinajstić information content (AvgIpc) is 3.41. The molecule has 1 aliphatic rings. The first-order valence-corrected chi connectivity index (χ1v) is 10.9. The Kier molecular flexibility index (Phi) is 4.74. The third-order valence-electron chi connectivity index (χ3n) is 3.90. The molecule has 0 radical (unpaired) electrons. The van der Waals surface area contributed by atoms with E-state index in [0.717, 1.165) is 18.2 Å². The third-order valence-corrected chi connectivity index (χ3v) is 7.15. The molecule has 0 aliphatic heterocycles. The first kappa shape index (κ1) is 19.0. The molecule has 27 heavy (non-hydrogen) atoms. The van der Waals surface area contributed by atoms with E-state index in [9.17, 15) is 26.7 Å². The Bertz CT molecular complexity index is 1090. The van der Waals surface area contributed by atoms with Crippen LogP contribution in [0.15, 0.2) is 47.4 Å². The van der Waals surface area contributed by atoms with Crippen molar-refractivity contribution in [3.05, 3.63) is 48.0 Å². The quantitative estimate of drug-likeness (QED) is 0.536. The SMILES string of the molecule is NC(=O)c1cc(S(=O)(=O)Nc2ccc(NS(=O)(=O)C3CC3)cc2)ccc1O. The molecular formula is C16H17N3O6S2. The van der Waals surface area contributed by atoms with Crippen LogP contribution in [0, 0.1) is 0 Å². The van der Waals surface area contributed by atoms with Crippen molar-refractivity contribution >= 4 is 37.3 Å². The molecule has 0 saturated heterocycles. The fourth-order valence-corrected chi connectivity index (χ4v) is 4.80. The van der Waals surface area contributed by atoms with Crippen molar-refractivity contribution in [2.45, 2.75) is 23.0 Å². The number of nitrogens with one attached hydrogen (secondary N) is 2. The van der Waals surface area contributed by atoms with E-state index in [4.69, 9.17) is 5.73 Å². The van der Waals surface area contributed by atoms with Gasteiger partial charge in [0.25, 0.3) is 15.9 Å². The molecule has 1 amide bonds. The van der Waals surface area contributed by atoms with Gasteiger partial charge in [-0.05, 0) is 55.3 Å². The van der Waals surface area contributed by atoms with Gasteiger partial charge < -0.3 is 10.8 Å². The van der Waals surface area contributed by atoms with Crippen LogP contribution in [-0.4, -0.2) is 33.1 Å². The zero-order chi connectivity index (χ0) is 19.8. The summed E-state index contributed by atoms with van der Waals surface area (Å²) in [5, 5.41) is 9.18. The Morgan fingerprint density at radius 1 is 0.963 bits per heavy atom. The lowest BCUT2D eigenvalue weighted by Crippen LogP contribution is -2.17. The van der Waals surface area contributed by atoms with Gasteiger partial charge in [-0.15, -0.1) is 0 Å². The lowest BCUT2D eigenvalue weighted by Gasteiger charge is -2.11. The molecule has 0 unspecified atom stereocenters. The van der Waals surface area contributed by atoms with Gasteiger partial charge in [-0.2, -0.15) is 0 Å². The van der Waals surface area contributed by atoms with Crippen LogP contribution < -0.4 is 15.2 Å². The lowest BCUT2D eigenvalue weighted by molar-refractivity contribution is 0.0997. The second-order valence-electron chi connectivity index (χ2n) is 6.07. The van der Waals surface area contributed by atoms with Crippen LogP contribution >= 0.6 is 0 Å². The summed E-state index contributed by atoms with van der Waals surface area (Å²) in [5.74, 6) is -1.38. The topological polar surface area (TPSA) is 156 Å². The molecule has 2 aromatic carbocycles. The Labute approximate surface area is 156 Å². The lowest BCUT2D eigenvalue weighted by atomic mass is 10.2. The number of aromatic hydroxyl groups is 1.